The lowest BCUT2D eigenvalue weighted by Gasteiger charge is -2.20. The second-order valence-corrected chi connectivity index (χ2v) is 5.84. The van der Waals surface area contributed by atoms with Crippen LogP contribution in [0.3, 0.4) is 0 Å². The van der Waals surface area contributed by atoms with Crippen molar-refractivity contribution in [1.29, 1.82) is 0 Å². The maximum atomic E-state index is 11.9. The molecule has 0 bridgehead atoms. The highest BCUT2D eigenvalue weighted by atomic mass is 35.5. The molecule has 0 saturated carbocycles. The minimum absolute atomic E-state index is 0.0963. The van der Waals surface area contributed by atoms with Crippen molar-refractivity contribution in [3.05, 3.63) is 0 Å². The summed E-state index contributed by atoms with van der Waals surface area (Å²) in [6, 6.07) is 0. The predicted octanol–water partition coefficient (Wildman–Crippen LogP) is 1.69. The van der Waals surface area contributed by atoms with E-state index in [1.54, 1.807) is 6.92 Å². The van der Waals surface area contributed by atoms with Crippen LogP contribution in [-0.2, 0) is 10.0 Å². The average molecular weight is 268 g/mol. The first-order chi connectivity index (χ1) is 6.58. The standard InChI is InChI=1S/C7H13ClF3NO2S/c1-6(3-8)4-15(13,14)12(2)5-7(9,10)11/h6H,3-5H2,1-2H3. The number of sulfonamides is 1. The molecule has 0 amide bonds. The Kier molecular flexibility index (Phi) is 5.35. The molecule has 15 heavy (non-hydrogen) atoms. The highest BCUT2D eigenvalue weighted by Gasteiger charge is 2.34. The number of rotatable bonds is 5. The zero-order valence-electron chi connectivity index (χ0n) is 8.38. The number of halogens is 4. The Labute approximate surface area is 92.2 Å². The summed E-state index contributed by atoms with van der Waals surface area (Å²) >= 11 is 5.39. The second kappa shape index (κ2) is 5.36. The first-order valence-electron chi connectivity index (χ1n) is 4.15. The molecule has 0 N–H and O–H groups in total. The van der Waals surface area contributed by atoms with E-state index >= 15 is 0 Å². The lowest BCUT2D eigenvalue weighted by molar-refractivity contribution is -0.134. The summed E-state index contributed by atoms with van der Waals surface area (Å²) in [4.78, 5) is 0. The van der Waals surface area contributed by atoms with E-state index in [0.717, 1.165) is 7.05 Å². The number of nitrogens with zero attached hydrogens (tertiary/aromatic N) is 1. The Morgan fingerprint density at radius 2 is 1.87 bits per heavy atom. The summed E-state index contributed by atoms with van der Waals surface area (Å²) in [6.07, 6.45) is -4.52. The van der Waals surface area contributed by atoms with E-state index < -0.39 is 22.7 Å². The van der Waals surface area contributed by atoms with Gasteiger partial charge in [0.1, 0.15) is 6.54 Å². The van der Waals surface area contributed by atoms with Crippen molar-refractivity contribution in [2.75, 3.05) is 25.2 Å². The van der Waals surface area contributed by atoms with Gasteiger partial charge in [-0.25, -0.2) is 8.42 Å². The van der Waals surface area contributed by atoms with Crippen molar-refractivity contribution >= 4 is 21.6 Å². The molecule has 0 rings (SSSR count). The molecule has 0 aromatic rings. The van der Waals surface area contributed by atoms with Crippen LogP contribution in [0.25, 0.3) is 0 Å². The summed E-state index contributed by atoms with van der Waals surface area (Å²) in [5.74, 6) is -0.644. The van der Waals surface area contributed by atoms with Crippen LogP contribution >= 0.6 is 11.6 Å². The minimum atomic E-state index is -4.52. The van der Waals surface area contributed by atoms with Gasteiger partial charge in [0.05, 0.1) is 5.75 Å². The van der Waals surface area contributed by atoms with Gasteiger partial charge in [-0.2, -0.15) is 17.5 Å². The fourth-order valence-corrected chi connectivity index (χ4v) is 2.56. The van der Waals surface area contributed by atoms with Crippen molar-refractivity contribution in [3.63, 3.8) is 0 Å². The van der Waals surface area contributed by atoms with Crippen LogP contribution in [0.15, 0.2) is 0 Å². The van der Waals surface area contributed by atoms with E-state index in [0.29, 0.717) is 4.31 Å². The van der Waals surface area contributed by atoms with E-state index in [9.17, 15) is 21.6 Å². The van der Waals surface area contributed by atoms with Gasteiger partial charge >= 0.3 is 6.18 Å². The largest absolute Gasteiger partial charge is 0.402 e. The number of hydrogen-bond donors (Lipinski definition) is 0. The van der Waals surface area contributed by atoms with Gasteiger partial charge in [0.2, 0.25) is 10.0 Å². The van der Waals surface area contributed by atoms with E-state index in [1.165, 1.54) is 0 Å². The molecule has 0 aliphatic carbocycles. The highest BCUT2D eigenvalue weighted by molar-refractivity contribution is 7.89. The highest BCUT2D eigenvalue weighted by Crippen LogP contribution is 2.18. The molecule has 3 nitrogen and oxygen atoms in total. The molecule has 0 heterocycles. The quantitative estimate of drug-likeness (QED) is 0.711. The van der Waals surface area contributed by atoms with E-state index in [-0.39, 0.29) is 17.6 Å². The normalized spacial score (nSPS) is 15.7. The summed E-state index contributed by atoms with van der Waals surface area (Å²) in [5.41, 5.74) is 0. The van der Waals surface area contributed by atoms with Crippen LogP contribution in [0.1, 0.15) is 6.92 Å². The molecule has 8 heteroatoms. The first kappa shape index (κ1) is 15.0. The molecular formula is C7H13ClF3NO2S. The third-order valence-corrected chi connectivity index (χ3v) is 4.23. The fraction of sp³-hybridized carbons (Fsp3) is 1.00. The van der Waals surface area contributed by atoms with Crippen molar-refractivity contribution < 1.29 is 21.6 Å². The van der Waals surface area contributed by atoms with Crippen LogP contribution in [0.5, 0.6) is 0 Å². The third kappa shape index (κ3) is 6.21. The molecule has 0 aromatic heterocycles. The zero-order valence-corrected chi connectivity index (χ0v) is 9.95. The topological polar surface area (TPSA) is 37.4 Å². The Morgan fingerprint density at radius 1 is 1.40 bits per heavy atom. The molecule has 0 fully saturated rings. The van der Waals surface area contributed by atoms with Gasteiger partial charge in [-0.05, 0) is 5.92 Å². The second-order valence-electron chi connectivity index (χ2n) is 3.41. The van der Waals surface area contributed by atoms with Crippen molar-refractivity contribution in [2.24, 2.45) is 5.92 Å². The Hall–Kier alpha value is -0.0100. The fourth-order valence-electron chi connectivity index (χ4n) is 0.882. The van der Waals surface area contributed by atoms with E-state index in [2.05, 4.69) is 0 Å². The van der Waals surface area contributed by atoms with Crippen LogP contribution in [0.4, 0.5) is 13.2 Å². The van der Waals surface area contributed by atoms with E-state index in [1.807, 2.05) is 0 Å². The molecule has 0 aliphatic rings. The maximum Gasteiger partial charge on any atom is 0.402 e. The minimum Gasteiger partial charge on any atom is -0.212 e. The van der Waals surface area contributed by atoms with Gasteiger partial charge in [0, 0.05) is 12.9 Å². The van der Waals surface area contributed by atoms with E-state index in [4.69, 9.17) is 11.6 Å². The smallest absolute Gasteiger partial charge is 0.212 e. The lowest BCUT2D eigenvalue weighted by Crippen LogP contribution is -2.38. The van der Waals surface area contributed by atoms with Crippen LogP contribution in [-0.4, -0.2) is 44.1 Å². The molecule has 0 aromatic carbocycles. The summed E-state index contributed by atoms with van der Waals surface area (Å²) in [6.45, 7) is 0.0936. The average Bonchev–Trinajstić information content (AvgIpc) is 2.00. The van der Waals surface area contributed by atoms with Crippen molar-refractivity contribution in [3.8, 4) is 0 Å². The van der Waals surface area contributed by atoms with Gasteiger partial charge in [-0.1, -0.05) is 6.92 Å². The Morgan fingerprint density at radius 3 is 2.20 bits per heavy atom. The maximum absolute atomic E-state index is 11.9. The summed E-state index contributed by atoms with van der Waals surface area (Å²) in [5, 5.41) is 0. The molecule has 0 aliphatic heterocycles. The molecular weight excluding hydrogens is 255 g/mol. The molecule has 0 spiro atoms. The number of alkyl halides is 4. The van der Waals surface area contributed by atoms with Gasteiger partial charge in [-0.15, -0.1) is 11.6 Å². The van der Waals surface area contributed by atoms with Crippen LogP contribution in [0.2, 0.25) is 0 Å². The summed E-state index contributed by atoms with van der Waals surface area (Å²) < 4.78 is 58.8. The van der Waals surface area contributed by atoms with Crippen molar-refractivity contribution in [1.82, 2.24) is 4.31 Å². The third-order valence-electron chi connectivity index (χ3n) is 1.64. The molecule has 1 atom stereocenters. The zero-order chi connectivity index (χ0) is 12.3. The van der Waals surface area contributed by atoms with Gasteiger partial charge < -0.3 is 0 Å². The molecule has 0 radical (unpaired) electrons. The first-order valence-corrected chi connectivity index (χ1v) is 6.29. The Balaban J connectivity index is 4.47. The molecule has 92 valence electrons. The lowest BCUT2D eigenvalue weighted by atomic mass is 10.3. The molecule has 1 unspecified atom stereocenters. The molecule has 0 saturated heterocycles. The van der Waals surface area contributed by atoms with Crippen molar-refractivity contribution in [2.45, 2.75) is 13.1 Å². The SMILES string of the molecule is CC(CCl)CS(=O)(=O)N(C)CC(F)(F)F. The van der Waals surface area contributed by atoms with Crippen LogP contribution in [0, 0.1) is 5.92 Å². The monoisotopic (exact) mass is 267 g/mol. The summed E-state index contributed by atoms with van der Waals surface area (Å²) in [7, 11) is -2.97. The predicted molar refractivity (Wildman–Crippen MR) is 52.4 cm³/mol. The number of hydrogen-bond acceptors (Lipinski definition) is 2. The van der Waals surface area contributed by atoms with Gasteiger partial charge in [-0.3, -0.25) is 0 Å². The Bertz CT molecular complexity index is 291. The van der Waals surface area contributed by atoms with Crippen LogP contribution < -0.4 is 0 Å². The van der Waals surface area contributed by atoms with Gasteiger partial charge in [0.25, 0.3) is 0 Å². The van der Waals surface area contributed by atoms with Gasteiger partial charge in [0.15, 0.2) is 0 Å².